The standard InChI is InChI=1S/C17H23NO5S/c1-2-8-22-14-3-5-15(6-4-14)23-11-16(19)18-7-9-24-12-13(18)10-17(20)21/h3-6,13H,2,7-12H2,1H3,(H,20,21). The third kappa shape index (κ3) is 5.63. The Hall–Kier alpha value is -1.89. The maximum Gasteiger partial charge on any atom is 0.305 e. The number of thioether (sulfide) groups is 1. The highest BCUT2D eigenvalue weighted by atomic mass is 32.2. The van der Waals surface area contributed by atoms with E-state index in [2.05, 4.69) is 0 Å². The Morgan fingerprint density at radius 3 is 2.54 bits per heavy atom. The molecule has 1 aliphatic rings. The van der Waals surface area contributed by atoms with Gasteiger partial charge in [-0.05, 0) is 30.7 Å². The third-order valence-electron chi connectivity index (χ3n) is 3.62. The maximum absolute atomic E-state index is 12.3. The van der Waals surface area contributed by atoms with E-state index >= 15 is 0 Å². The van der Waals surface area contributed by atoms with Crippen LogP contribution in [0.15, 0.2) is 24.3 Å². The fourth-order valence-electron chi connectivity index (χ4n) is 2.43. The molecule has 7 heteroatoms. The van der Waals surface area contributed by atoms with Crippen LogP contribution in [0.25, 0.3) is 0 Å². The molecule has 6 nitrogen and oxygen atoms in total. The van der Waals surface area contributed by atoms with Crippen LogP contribution >= 0.6 is 11.8 Å². The van der Waals surface area contributed by atoms with Gasteiger partial charge >= 0.3 is 5.97 Å². The van der Waals surface area contributed by atoms with Crippen molar-refractivity contribution in [1.29, 1.82) is 0 Å². The van der Waals surface area contributed by atoms with Gasteiger partial charge in [0.1, 0.15) is 11.5 Å². The molecule has 1 N–H and O–H groups in total. The van der Waals surface area contributed by atoms with E-state index in [0.717, 1.165) is 17.9 Å². The van der Waals surface area contributed by atoms with Crippen molar-refractivity contribution < 1.29 is 24.2 Å². The first-order valence-corrected chi connectivity index (χ1v) is 9.20. The van der Waals surface area contributed by atoms with Gasteiger partial charge < -0.3 is 19.5 Å². The number of benzene rings is 1. The van der Waals surface area contributed by atoms with E-state index in [1.807, 2.05) is 6.92 Å². The summed E-state index contributed by atoms with van der Waals surface area (Å²) in [7, 11) is 0. The highest BCUT2D eigenvalue weighted by Gasteiger charge is 2.28. The minimum absolute atomic E-state index is 0.0256. The average molecular weight is 353 g/mol. The van der Waals surface area contributed by atoms with Gasteiger partial charge in [0.2, 0.25) is 0 Å². The van der Waals surface area contributed by atoms with Gasteiger partial charge in [-0.3, -0.25) is 9.59 Å². The summed E-state index contributed by atoms with van der Waals surface area (Å²) < 4.78 is 11.0. The number of carboxylic acid groups (broad SMARTS) is 1. The summed E-state index contributed by atoms with van der Waals surface area (Å²) in [5, 5.41) is 8.97. The van der Waals surface area contributed by atoms with Crippen molar-refractivity contribution in [3.8, 4) is 11.5 Å². The van der Waals surface area contributed by atoms with Crippen LogP contribution in [-0.2, 0) is 9.59 Å². The second-order valence-corrected chi connectivity index (χ2v) is 6.67. The summed E-state index contributed by atoms with van der Waals surface area (Å²) in [6.45, 7) is 3.18. The fourth-order valence-corrected chi connectivity index (χ4v) is 3.50. The number of aliphatic carboxylic acids is 1. The van der Waals surface area contributed by atoms with Crippen LogP contribution < -0.4 is 9.47 Å². The van der Waals surface area contributed by atoms with Crippen LogP contribution in [0.1, 0.15) is 19.8 Å². The predicted molar refractivity (Wildman–Crippen MR) is 92.8 cm³/mol. The molecule has 1 atom stereocenters. The Kier molecular flexibility index (Phi) is 7.24. The molecular weight excluding hydrogens is 330 g/mol. The van der Waals surface area contributed by atoms with Crippen LogP contribution in [0.2, 0.25) is 0 Å². The highest BCUT2D eigenvalue weighted by molar-refractivity contribution is 7.99. The molecular formula is C17H23NO5S. The molecule has 2 rings (SSSR count). The van der Waals surface area contributed by atoms with Crippen molar-refractivity contribution in [3.05, 3.63) is 24.3 Å². The summed E-state index contributed by atoms with van der Waals surface area (Å²) in [4.78, 5) is 24.9. The Balaban J connectivity index is 1.85. The first-order valence-electron chi connectivity index (χ1n) is 8.04. The number of carbonyl (C=O) groups excluding carboxylic acids is 1. The van der Waals surface area contributed by atoms with Crippen molar-refractivity contribution in [1.82, 2.24) is 4.90 Å². The predicted octanol–water partition coefficient (Wildman–Crippen LogP) is 2.27. The quantitative estimate of drug-likeness (QED) is 0.773. The Bertz CT molecular complexity index is 548. The van der Waals surface area contributed by atoms with Crippen molar-refractivity contribution in [2.75, 3.05) is 31.3 Å². The van der Waals surface area contributed by atoms with Gasteiger partial charge in [0, 0.05) is 18.1 Å². The van der Waals surface area contributed by atoms with Crippen molar-refractivity contribution in [2.24, 2.45) is 0 Å². The monoisotopic (exact) mass is 353 g/mol. The van der Waals surface area contributed by atoms with Gasteiger partial charge in [-0.1, -0.05) is 6.92 Å². The van der Waals surface area contributed by atoms with Crippen LogP contribution in [0.5, 0.6) is 11.5 Å². The van der Waals surface area contributed by atoms with Crippen molar-refractivity contribution >= 4 is 23.6 Å². The number of amides is 1. The average Bonchev–Trinajstić information content (AvgIpc) is 2.58. The lowest BCUT2D eigenvalue weighted by Gasteiger charge is -2.34. The van der Waals surface area contributed by atoms with Crippen LogP contribution in [-0.4, -0.2) is 59.2 Å². The molecule has 1 aromatic rings. The summed E-state index contributed by atoms with van der Waals surface area (Å²) in [5.41, 5.74) is 0. The van der Waals surface area contributed by atoms with E-state index in [4.69, 9.17) is 14.6 Å². The lowest BCUT2D eigenvalue weighted by atomic mass is 10.2. The Morgan fingerprint density at radius 1 is 1.25 bits per heavy atom. The van der Waals surface area contributed by atoms with Crippen LogP contribution in [0, 0.1) is 0 Å². The third-order valence-corrected chi connectivity index (χ3v) is 4.71. The largest absolute Gasteiger partial charge is 0.494 e. The van der Waals surface area contributed by atoms with Gasteiger partial charge in [-0.2, -0.15) is 11.8 Å². The smallest absolute Gasteiger partial charge is 0.305 e. The molecule has 1 aliphatic heterocycles. The molecule has 0 radical (unpaired) electrons. The number of hydrogen-bond acceptors (Lipinski definition) is 5. The first kappa shape index (κ1) is 18.4. The number of hydrogen-bond donors (Lipinski definition) is 1. The number of carboxylic acids is 1. The van der Waals surface area contributed by atoms with E-state index in [1.165, 1.54) is 0 Å². The van der Waals surface area contributed by atoms with E-state index in [0.29, 0.717) is 24.7 Å². The van der Waals surface area contributed by atoms with Gasteiger partial charge in [0.25, 0.3) is 5.91 Å². The molecule has 0 aliphatic carbocycles. The molecule has 1 saturated heterocycles. The van der Waals surface area contributed by atoms with Crippen LogP contribution in [0.3, 0.4) is 0 Å². The van der Waals surface area contributed by atoms with E-state index in [-0.39, 0.29) is 25.0 Å². The topological polar surface area (TPSA) is 76.1 Å². The summed E-state index contributed by atoms with van der Waals surface area (Å²) >= 11 is 1.68. The van der Waals surface area contributed by atoms with Gasteiger partial charge in [0.05, 0.1) is 19.1 Å². The van der Waals surface area contributed by atoms with Crippen molar-refractivity contribution in [2.45, 2.75) is 25.8 Å². The second kappa shape index (κ2) is 9.42. The number of nitrogens with zero attached hydrogens (tertiary/aromatic N) is 1. The van der Waals surface area contributed by atoms with Gasteiger partial charge in [-0.15, -0.1) is 0 Å². The normalized spacial score (nSPS) is 17.4. The van der Waals surface area contributed by atoms with Gasteiger partial charge in [0.15, 0.2) is 6.61 Å². The zero-order valence-corrected chi connectivity index (χ0v) is 14.6. The molecule has 24 heavy (non-hydrogen) atoms. The summed E-state index contributed by atoms with van der Waals surface area (Å²) in [6, 6.07) is 6.88. The number of rotatable bonds is 8. The van der Waals surface area contributed by atoms with Crippen LogP contribution in [0.4, 0.5) is 0 Å². The second-order valence-electron chi connectivity index (χ2n) is 5.52. The molecule has 1 heterocycles. The lowest BCUT2D eigenvalue weighted by molar-refractivity contribution is -0.141. The SMILES string of the molecule is CCCOc1ccc(OCC(=O)N2CCSCC2CC(=O)O)cc1. The number of ether oxygens (including phenoxy) is 2. The maximum atomic E-state index is 12.3. The lowest BCUT2D eigenvalue weighted by Crippen LogP contribution is -2.48. The zero-order valence-electron chi connectivity index (χ0n) is 13.8. The minimum Gasteiger partial charge on any atom is -0.494 e. The Morgan fingerprint density at radius 2 is 1.92 bits per heavy atom. The molecule has 1 amide bonds. The summed E-state index contributed by atoms with van der Waals surface area (Å²) in [6.07, 6.45) is 0.917. The molecule has 0 spiro atoms. The number of carbonyl (C=O) groups is 2. The minimum atomic E-state index is -0.885. The molecule has 1 fully saturated rings. The van der Waals surface area contributed by atoms with Crippen molar-refractivity contribution in [3.63, 3.8) is 0 Å². The van der Waals surface area contributed by atoms with Gasteiger partial charge in [-0.25, -0.2) is 0 Å². The highest BCUT2D eigenvalue weighted by Crippen LogP contribution is 2.21. The molecule has 1 aromatic carbocycles. The summed E-state index contributed by atoms with van der Waals surface area (Å²) in [5.74, 6) is 1.78. The molecule has 132 valence electrons. The molecule has 0 saturated carbocycles. The van der Waals surface area contributed by atoms with E-state index in [9.17, 15) is 9.59 Å². The zero-order chi connectivity index (χ0) is 17.4. The van der Waals surface area contributed by atoms with E-state index in [1.54, 1.807) is 40.9 Å². The van der Waals surface area contributed by atoms with E-state index < -0.39 is 5.97 Å². The first-order chi connectivity index (χ1) is 11.6. The molecule has 0 bridgehead atoms. The fraction of sp³-hybridized carbons (Fsp3) is 0.529. The molecule has 0 aromatic heterocycles. The molecule has 1 unspecified atom stereocenters. The Labute approximate surface area is 146 Å².